The van der Waals surface area contributed by atoms with Gasteiger partial charge in [-0.15, -0.1) is 0 Å². The molecule has 28 heavy (non-hydrogen) atoms. The summed E-state index contributed by atoms with van der Waals surface area (Å²) in [5.41, 5.74) is 0.992. The van der Waals surface area contributed by atoms with Gasteiger partial charge in [0.25, 0.3) is 5.91 Å². The number of carbonyl (C=O) groups is 2. The highest BCUT2D eigenvalue weighted by Crippen LogP contribution is 2.12. The van der Waals surface area contributed by atoms with Gasteiger partial charge in [-0.3, -0.25) is 4.79 Å². The lowest BCUT2D eigenvalue weighted by Gasteiger charge is -2.17. The molecule has 0 saturated heterocycles. The minimum atomic E-state index is -1.28. The van der Waals surface area contributed by atoms with E-state index in [4.69, 9.17) is 14.0 Å². The number of benzene rings is 2. The summed E-state index contributed by atoms with van der Waals surface area (Å²) in [5.74, 6) is -4.05. The summed E-state index contributed by atoms with van der Waals surface area (Å²) in [5, 5.41) is 2.39. The summed E-state index contributed by atoms with van der Waals surface area (Å²) in [6, 6.07) is 9.17. The zero-order valence-electron chi connectivity index (χ0n) is 15.7. The first-order valence-corrected chi connectivity index (χ1v) is 8.38. The maximum absolute atomic E-state index is 13.8. The number of halogens is 2. The van der Waals surface area contributed by atoms with Crippen LogP contribution in [0.5, 0.6) is 0 Å². The number of esters is 1. The molecule has 0 fully saturated rings. The van der Waals surface area contributed by atoms with Gasteiger partial charge >= 0.3 is 13.1 Å². The largest absolute Gasteiger partial charge is 0.493 e. The van der Waals surface area contributed by atoms with Gasteiger partial charge in [-0.2, -0.15) is 0 Å². The van der Waals surface area contributed by atoms with E-state index in [1.54, 1.807) is 24.3 Å². The minimum Gasteiger partial charge on any atom is -0.467 e. The monoisotopic (exact) mass is 391 g/mol. The average Bonchev–Trinajstić information content (AvgIpc) is 2.71. The Balaban J connectivity index is 2.17. The van der Waals surface area contributed by atoms with Crippen molar-refractivity contribution in [2.24, 2.45) is 0 Å². The number of rotatable bonds is 8. The fourth-order valence-electron chi connectivity index (χ4n) is 2.67. The molecule has 0 aliphatic heterocycles. The first kappa shape index (κ1) is 21.5. The highest BCUT2D eigenvalue weighted by Gasteiger charge is 2.25. The van der Waals surface area contributed by atoms with Crippen molar-refractivity contribution >= 4 is 24.5 Å². The number of amides is 1. The van der Waals surface area contributed by atoms with E-state index in [-0.39, 0.29) is 6.42 Å². The lowest BCUT2D eigenvalue weighted by Crippen LogP contribution is -2.43. The van der Waals surface area contributed by atoms with E-state index in [2.05, 4.69) is 5.32 Å². The van der Waals surface area contributed by atoms with E-state index >= 15 is 0 Å². The predicted molar refractivity (Wildman–Crippen MR) is 99.2 cm³/mol. The Kier molecular flexibility index (Phi) is 7.65. The Bertz CT molecular complexity index is 828. The van der Waals surface area contributed by atoms with Gasteiger partial charge in [-0.05, 0) is 23.2 Å². The van der Waals surface area contributed by atoms with Crippen LogP contribution in [0, 0.1) is 11.6 Å². The van der Waals surface area contributed by atoms with E-state index in [1.807, 2.05) is 0 Å². The maximum atomic E-state index is 13.8. The zero-order chi connectivity index (χ0) is 20.7. The molecule has 2 rings (SSSR count). The first-order chi connectivity index (χ1) is 13.4. The van der Waals surface area contributed by atoms with Crippen LogP contribution in [-0.4, -0.2) is 46.4 Å². The molecule has 2 aromatic carbocycles. The van der Waals surface area contributed by atoms with Crippen molar-refractivity contribution in [3.8, 4) is 0 Å². The summed E-state index contributed by atoms with van der Waals surface area (Å²) in [7, 11) is 3.67. The van der Waals surface area contributed by atoms with Crippen molar-refractivity contribution in [2.45, 2.75) is 12.5 Å². The number of methoxy groups -OCH3 is 1. The van der Waals surface area contributed by atoms with Crippen LogP contribution < -0.4 is 10.8 Å². The standard InChI is InChI=1S/C19H20BF2NO5/c1-26-19(25)16(23-18(24)14-5-4-6-15(21)17(14)22)11-12-7-9-13(10-8-12)20(27-2)28-3/h4-10,16H,11H2,1-3H3,(H,23,24)/t16-/m0/s1. The molecule has 0 unspecified atom stereocenters. The van der Waals surface area contributed by atoms with E-state index in [0.717, 1.165) is 17.6 Å². The summed E-state index contributed by atoms with van der Waals surface area (Å²) in [6.45, 7) is 0. The molecule has 6 nitrogen and oxygen atoms in total. The van der Waals surface area contributed by atoms with Crippen LogP contribution in [0.25, 0.3) is 0 Å². The molecule has 0 radical (unpaired) electrons. The second-order valence-corrected chi connectivity index (χ2v) is 5.90. The number of carbonyl (C=O) groups excluding carboxylic acids is 2. The van der Waals surface area contributed by atoms with Crippen LogP contribution in [0.2, 0.25) is 0 Å². The molecule has 9 heteroatoms. The molecule has 0 aromatic heterocycles. The molecule has 0 spiro atoms. The SMILES string of the molecule is COB(OC)c1ccc(C[C@H](NC(=O)c2cccc(F)c2F)C(=O)OC)cc1. The second-order valence-electron chi connectivity index (χ2n) is 5.90. The van der Waals surface area contributed by atoms with Crippen LogP contribution in [0.1, 0.15) is 15.9 Å². The molecule has 0 aliphatic carbocycles. The van der Waals surface area contributed by atoms with Crippen molar-refractivity contribution in [1.29, 1.82) is 0 Å². The molecule has 1 amide bonds. The molecule has 0 heterocycles. The third-order valence-electron chi connectivity index (χ3n) is 4.11. The fourth-order valence-corrected chi connectivity index (χ4v) is 2.67. The summed E-state index contributed by atoms with van der Waals surface area (Å²) >= 11 is 0. The Morgan fingerprint density at radius 3 is 2.25 bits per heavy atom. The highest BCUT2D eigenvalue weighted by molar-refractivity contribution is 6.61. The quantitative estimate of drug-likeness (QED) is 0.545. The molecule has 0 aliphatic rings. The number of nitrogens with one attached hydrogen (secondary N) is 1. The van der Waals surface area contributed by atoms with Gasteiger partial charge in [0, 0.05) is 20.6 Å². The van der Waals surface area contributed by atoms with E-state index in [0.29, 0.717) is 5.56 Å². The van der Waals surface area contributed by atoms with Gasteiger partial charge in [0.2, 0.25) is 0 Å². The van der Waals surface area contributed by atoms with Gasteiger partial charge < -0.3 is 19.4 Å². The number of ether oxygens (including phenoxy) is 1. The van der Waals surface area contributed by atoms with Crippen LogP contribution in [0.3, 0.4) is 0 Å². The van der Waals surface area contributed by atoms with Gasteiger partial charge in [-0.25, -0.2) is 13.6 Å². The minimum absolute atomic E-state index is 0.0975. The van der Waals surface area contributed by atoms with E-state index in [9.17, 15) is 18.4 Å². The van der Waals surface area contributed by atoms with Gasteiger partial charge in [-0.1, -0.05) is 30.3 Å². The molecule has 1 N–H and O–H groups in total. The first-order valence-electron chi connectivity index (χ1n) is 8.38. The van der Waals surface area contributed by atoms with Crippen molar-refractivity contribution in [2.75, 3.05) is 21.3 Å². The van der Waals surface area contributed by atoms with Crippen molar-refractivity contribution in [1.82, 2.24) is 5.32 Å². The smallest absolute Gasteiger partial charge is 0.467 e. The summed E-state index contributed by atoms with van der Waals surface area (Å²) in [4.78, 5) is 24.4. The van der Waals surface area contributed by atoms with Crippen molar-refractivity contribution in [3.63, 3.8) is 0 Å². The van der Waals surface area contributed by atoms with Crippen molar-refractivity contribution in [3.05, 3.63) is 65.2 Å². The third kappa shape index (κ3) is 5.14. The van der Waals surface area contributed by atoms with Crippen LogP contribution >= 0.6 is 0 Å². The average molecular weight is 391 g/mol. The van der Waals surface area contributed by atoms with Crippen LogP contribution in [0.15, 0.2) is 42.5 Å². The molecule has 148 valence electrons. The maximum Gasteiger partial charge on any atom is 0.493 e. The number of hydrogen-bond acceptors (Lipinski definition) is 5. The van der Waals surface area contributed by atoms with Gasteiger partial charge in [0.1, 0.15) is 6.04 Å². The van der Waals surface area contributed by atoms with Gasteiger partial charge in [0.15, 0.2) is 11.6 Å². The summed E-state index contributed by atoms with van der Waals surface area (Å²) < 4.78 is 42.2. The van der Waals surface area contributed by atoms with Crippen LogP contribution in [0.4, 0.5) is 8.78 Å². The predicted octanol–water partition coefficient (Wildman–Crippen LogP) is 1.47. The Morgan fingerprint density at radius 1 is 1.04 bits per heavy atom. The second kappa shape index (κ2) is 9.96. The van der Waals surface area contributed by atoms with Crippen LogP contribution in [-0.2, 0) is 25.3 Å². The fraction of sp³-hybridized carbons (Fsp3) is 0.263. The summed E-state index contributed by atoms with van der Waals surface area (Å²) in [6.07, 6.45) is 0.0975. The Labute approximate surface area is 161 Å². The third-order valence-corrected chi connectivity index (χ3v) is 4.11. The van der Waals surface area contributed by atoms with Crippen molar-refractivity contribution < 1.29 is 32.4 Å². The lowest BCUT2D eigenvalue weighted by atomic mass is 9.78. The van der Waals surface area contributed by atoms with Gasteiger partial charge in [0.05, 0.1) is 12.7 Å². The van der Waals surface area contributed by atoms with E-state index in [1.165, 1.54) is 27.4 Å². The molecular weight excluding hydrogens is 371 g/mol. The molecule has 0 bridgehead atoms. The lowest BCUT2D eigenvalue weighted by molar-refractivity contribution is -0.142. The molecule has 0 saturated carbocycles. The molecular formula is C19H20BF2NO5. The Hall–Kier alpha value is -2.78. The van der Waals surface area contributed by atoms with E-state index < -0.39 is 42.2 Å². The zero-order valence-corrected chi connectivity index (χ0v) is 15.7. The molecule has 2 aromatic rings. The topological polar surface area (TPSA) is 73.9 Å². The Morgan fingerprint density at radius 2 is 1.68 bits per heavy atom. The normalized spacial score (nSPS) is 11.6. The number of hydrogen-bond donors (Lipinski definition) is 1. The molecule has 1 atom stereocenters. The highest BCUT2D eigenvalue weighted by atomic mass is 19.2.